The van der Waals surface area contributed by atoms with Crippen LogP contribution in [0.2, 0.25) is 5.02 Å². The molecule has 0 aliphatic rings. The third-order valence-electron chi connectivity index (χ3n) is 4.53. The quantitative estimate of drug-likeness (QED) is 0.285. The Labute approximate surface area is 176 Å². The predicted molar refractivity (Wildman–Crippen MR) is 118 cm³/mol. The average Bonchev–Trinajstić information content (AvgIpc) is 3.04. The van der Waals surface area contributed by atoms with Crippen molar-refractivity contribution < 1.29 is 13.6 Å². The number of furan rings is 1. The molecule has 0 fully saturated rings. The number of nitrogens with one attached hydrogen (secondary N) is 1. The molecular formula is C22H16ClFN2O2S. The Bertz CT molecular complexity index is 1240. The van der Waals surface area contributed by atoms with Crippen molar-refractivity contribution in [3.05, 3.63) is 82.8 Å². The highest BCUT2D eigenvalue weighted by Crippen LogP contribution is 2.34. The summed E-state index contributed by atoms with van der Waals surface area (Å²) in [6.07, 6.45) is 1.95. The Kier molecular flexibility index (Phi) is 5.22. The Morgan fingerprint density at radius 3 is 2.66 bits per heavy atom. The SMILES string of the molecule is CSNc1cccc(-c2ccc3c(N)c(C(=O)c4ccc(F)cc4Cl)oc3c2)c1. The Balaban J connectivity index is 1.76. The van der Waals surface area contributed by atoms with Crippen LogP contribution in [0, 0.1) is 5.82 Å². The molecule has 1 heterocycles. The molecule has 0 spiro atoms. The Morgan fingerprint density at radius 1 is 1.10 bits per heavy atom. The molecule has 0 unspecified atom stereocenters. The first kappa shape index (κ1) is 19.4. The third-order valence-corrected chi connectivity index (χ3v) is 5.28. The van der Waals surface area contributed by atoms with E-state index in [0.717, 1.165) is 22.9 Å². The molecule has 3 N–H and O–H groups in total. The molecule has 29 heavy (non-hydrogen) atoms. The van der Waals surface area contributed by atoms with Crippen molar-refractivity contribution in [2.75, 3.05) is 16.7 Å². The molecule has 0 atom stereocenters. The summed E-state index contributed by atoms with van der Waals surface area (Å²) in [5.41, 5.74) is 9.92. The van der Waals surface area contributed by atoms with E-state index < -0.39 is 11.6 Å². The number of fused-ring (bicyclic) bond motifs is 1. The van der Waals surface area contributed by atoms with Crippen molar-refractivity contribution >= 4 is 51.7 Å². The van der Waals surface area contributed by atoms with E-state index in [1.54, 1.807) is 0 Å². The van der Waals surface area contributed by atoms with Gasteiger partial charge in [0.15, 0.2) is 5.76 Å². The summed E-state index contributed by atoms with van der Waals surface area (Å²) in [7, 11) is 0. The van der Waals surface area contributed by atoms with Gasteiger partial charge in [-0.2, -0.15) is 0 Å². The standard InChI is InChI=1S/C22H16ClFN2O2S/c1-29-26-15-4-2-3-12(9-15)13-5-7-17-19(10-13)28-22(20(17)25)21(27)16-8-6-14(24)11-18(16)23/h2-11,26H,25H2,1H3. The number of rotatable bonds is 5. The topological polar surface area (TPSA) is 68.3 Å². The van der Waals surface area contributed by atoms with Gasteiger partial charge in [-0.3, -0.25) is 4.79 Å². The maximum atomic E-state index is 13.3. The van der Waals surface area contributed by atoms with E-state index in [-0.39, 0.29) is 22.0 Å². The molecule has 4 aromatic rings. The highest BCUT2D eigenvalue weighted by Gasteiger charge is 2.22. The second kappa shape index (κ2) is 7.81. The fraction of sp³-hybridized carbons (Fsp3) is 0.0455. The first-order chi connectivity index (χ1) is 14.0. The normalized spacial score (nSPS) is 11.0. The first-order valence-corrected chi connectivity index (χ1v) is 10.3. The van der Waals surface area contributed by atoms with Crippen molar-refractivity contribution in [1.82, 2.24) is 0 Å². The van der Waals surface area contributed by atoms with Gasteiger partial charge < -0.3 is 14.9 Å². The third kappa shape index (κ3) is 3.69. The van der Waals surface area contributed by atoms with Gasteiger partial charge in [0.1, 0.15) is 11.4 Å². The van der Waals surface area contributed by atoms with E-state index in [1.807, 2.05) is 48.7 Å². The zero-order chi connectivity index (χ0) is 20.5. The maximum Gasteiger partial charge on any atom is 0.231 e. The summed E-state index contributed by atoms with van der Waals surface area (Å²) in [6.45, 7) is 0. The van der Waals surface area contributed by atoms with Gasteiger partial charge in [0.25, 0.3) is 0 Å². The fourth-order valence-electron chi connectivity index (χ4n) is 3.14. The monoisotopic (exact) mass is 426 g/mol. The number of ketones is 1. The van der Waals surface area contributed by atoms with E-state index in [0.29, 0.717) is 11.0 Å². The van der Waals surface area contributed by atoms with E-state index in [9.17, 15) is 9.18 Å². The molecule has 0 saturated carbocycles. The zero-order valence-corrected chi connectivity index (χ0v) is 16.9. The second-order valence-corrected chi connectivity index (χ2v) is 7.42. The number of hydrogen-bond acceptors (Lipinski definition) is 5. The number of halogens is 2. The number of hydrogen-bond donors (Lipinski definition) is 2. The van der Waals surface area contributed by atoms with E-state index in [1.165, 1.54) is 24.1 Å². The van der Waals surface area contributed by atoms with Gasteiger partial charge in [-0.1, -0.05) is 41.7 Å². The molecule has 4 nitrogen and oxygen atoms in total. The van der Waals surface area contributed by atoms with Crippen molar-refractivity contribution in [2.24, 2.45) is 0 Å². The van der Waals surface area contributed by atoms with Crippen LogP contribution in [0.4, 0.5) is 15.8 Å². The van der Waals surface area contributed by atoms with Crippen LogP contribution in [0.3, 0.4) is 0 Å². The average molecular weight is 427 g/mol. The largest absolute Gasteiger partial charge is 0.450 e. The van der Waals surface area contributed by atoms with Gasteiger partial charge >= 0.3 is 0 Å². The molecular weight excluding hydrogens is 411 g/mol. The van der Waals surface area contributed by atoms with Crippen LogP contribution < -0.4 is 10.5 Å². The number of carbonyl (C=O) groups excluding carboxylic acids is 1. The molecule has 4 rings (SSSR count). The van der Waals surface area contributed by atoms with Crippen LogP contribution in [0.1, 0.15) is 16.1 Å². The van der Waals surface area contributed by atoms with Crippen LogP contribution in [0.25, 0.3) is 22.1 Å². The maximum absolute atomic E-state index is 13.3. The molecule has 0 aliphatic heterocycles. The van der Waals surface area contributed by atoms with Crippen LogP contribution in [0.15, 0.2) is 65.1 Å². The van der Waals surface area contributed by atoms with Gasteiger partial charge in [0.2, 0.25) is 5.78 Å². The summed E-state index contributed by atoms with van der Waals surface area (Å²) in [5, 5.41) is 0.641. The van der Waals surface area contributed by atoms with Gasteiger partial charge in [-0.25, -0.2) is 4.39 Å². The van der Waals surface area contributed by atoms with Crippen molar-refractivity contribution in [3.8, 4) is 11.1 Å². The lowest BCUT2D eigenvalue weighted by Crippen LogP contribution is -2.04. The minimum absolute atomic E-state index is 0.00801. The number of benzene rings is 3. The van der Waals surface area contributed by atoms with Crippen LogP contribution >= 0.6 is 23.5 Å². The van der Waals surface area contributed by atoms with E-state index in [4.69, 9.17) is 21.8 Å². The number of nitrogen functional groups attached to an aromatic ring is 1. The molecule has 146 valence electrons. The molecule has 7 heteroatoms. The second-order valence-electron chi connectivity index (χ2n) is 6.40. The van der Waals surface area contributed by atoms with E-state index >= 15 is 0 Å². The van der Waals surface area contributed by atoms with Gasteiger partial charge in [0, 0.05) is 22.9 Å². The lowest BCUT2D eigenvalue weighted by molar-refractivity contribution is 0.101. The summed E-state index contributed by atoms with van der Waals surface area (Å²) in [4.78, 5) is 12.8. The van der Waals surface area contributed by atoms with E-state index in [2.05, 4.69) is 4.72 Å². The van der Waals surface area contributed by atoms with Crippen LogP contribution in [-0.4, -0.2) is 12.0 Å². The predicted octanol–water partition coefficient (Wildman–Crippen LogP) is 6.40. The highest BCUT2D eigenvalue weighted by atomic mass is 35.5. The molecule has 1 aromatic heterocycles. The fourth-order valence-corrected chi connectivity index (χ4v) is 3.76. The number of anilines is 2. The molecule has 0 saturated heterocycles. The first-order valence-electron chi connectivity index (χ1n) is 8.69. The number of nitrogens with two attached hydrogens (primary N) is 1. The highest BCUT2D eigenvalue weighted by molar-refractivity contribution is 7.99. The lowest BCUT2D eigenvalue weighted by Gasteiger charge is -2.06. The van der Waals surface area contributed by atoms with Crippen molar-refractivity contribution in [1.29, 1.82) is 0 Å². The van der Waals surface area contributed by atoms with Crippen molar-refractivity contribution in [3.63, 3.8) is 0 Å². The van der Waals surface area contributed by atoms with Crippen molar-refractivity contribution in [2.45, 2.75) is 0 Å². The molecule has 0 bridgehead atoms. The molecule has 0 amide bonds. The molecule has 0 aliphatic carbocycles. The molecule has 0 radical (unpaired) electrons. The Hall–Kier alpha value is -2.96. The Morgan fingerprint density at radius 2 is 1.90 bits per heavy atom. The van der Waals surface area contributed by atoms with Gasteiger partial charge in [-0.15, -0.1) is 0 Å². The minimum Gasteiger partial charge on any atom is -0.450 e. The number of carbonyl (C=O) groups is 1. The smallest absolute Gasteiger partial charge is 0.231 e. The van der Waals surface area contributed by atoms with Gasteiger partial charge in [-0.05, 0) is 53.6 Å². The summed E-state index contributed by atoms with van der Waals surface area (Å²) in [6, 6.07) is 17.1. The van der Waals surface area contributed by atoms with Crippen LogP contribution in [0.5, 0.6) is 0 Å². The van der Waals surface area contributed by atoms with Gasteiger partial charge in [0.05, 0.1) is 10.7 Å². The minimum atomic E-state index is -0.521. The summed E-state index contributed by atoms with van der Waals surface area (Å²) >= 11 is 7.53. The zero-order valence-electron chi connectivity index (χ0n) is 15.3. The molecule has 3 aromatic carbocycles. The summed E-state index contributed by atoms with van der Waals surface area (Å²) < 4.78 is 22.3. The van der Waals surface area contributed by atoms with Crippen LogP contribution in [-0.2, 0) is 0 Å². The summed E-state index contributed by atoms with van der Waals surface area (Å²) in [5.74, 6) is -1.02. The lowest BCUT2D eigenvalue weighted by atomic mass is 10.0.